The van der Waals surface area contributed by atoms with Gasteiger partial charge in [-0.05, 0) is 0 Å². The number of aliphatic hydroxyl groups is 2. The van der Waals surface area contributed by atoms with Crippen molar-refractivity contribution < 1.29 is 14.9 Å². The van der Waals surface area contributed by atoms with Crippen molar-refractivity contribution in [3.05, 3.63) is 0 Å². The van der Waals surface area contributed by atoms with Gasteiger partial charge in [0.05, 0.1) is 18.6 Å². The summed E-state index contributed by atoms with van der Waals surface area (Å²) >= 11 is 5.29. The van der Waals surface area contributed by atoms with Crippen LogP contribution in [-0.2, 0) is 4.74 Å². The van der Waals surface area contributed by atoms with E-state index in [9.17, 15) is 0 Å². The van der Waals surface area contributed by atoms with E-state index in [2.05, 4.69) is 11.8 Å². The monoisotopic (exact) mass is 178 g/mol. The topological polar surface area (TPSA) is 49.7 Å². The Morgan fingerprint density at radius 3 is 2.73 bits per heavy atom. The first-order chi connectivity index (χ1) is 5.31. The predicted octanol–water partition coefficient (Wildman–Crippen LogP) is -0.402. The Morgan fingerprint density at radius 2 is 2.18 bits per heavy atom. The van der Waals surface area contributed by atoms with Crippen LogP contribution < -0.4 is 0 Å². The summed E-state index contributed by atoms with van der Waals surface area (Å²) in [5.74, 6) is 5.10. The molecule has 0 aromatic heterocycles. The SMILES string of the molecule is OCC#CCOC[C@@H](O)CCl. The molecular weight excluding hydrogens is 168 g/mol. The zero-order valence-electron chi connectivity index (χ0n) is 6.09. The van der Waals surface area contributed by atoms with E-state index in [0.29, 0.717) is 0 Å². The minimum Gasteiger partial charge on any atom is -0.389 e. The molecule has 0 saturated heterocycles. The maximum atomic E-state index is 8.86. The smallest absolute Gasteiger partial charge is 0.107 e. The summed E-state index contributed by atoms with van der Waals surface area (Å²) in [6.45, 7) is 0.236. The molecule has 2 N–H and O–H groups in total. The van der Waals surface area contributed by atoms with Crippen LogP contribution in [0.2, 0.25) is 0 Å². The van der Waals surface area contributed by atoms with Crippen LogP contribution >= 0.6 is 11.6 Å². The Labute approximate surface area is 70.9 Å². The molecule has 0 aliphatic rings. The van der Waals surface area contributed by atoms with Gasteiger partial charge in [0.1, 0.15) is 13.2 Å². The Balaban J connectivity index is 3.14. The maximum Gasteiger partial charge on any atom is 0.107 e. The molecule has 3 nitrogen and oxygen atoms in total. The third kappa shape index (κ3) is 7.63. The van der Waals surface area contributed by atoms with Crippen molar-refractivity contribution in [2.45, 2.75) is 6.10 Å². The highest BCUT2D eigenvalue weighted by atomic mass is 35.5. The van der Waals surface area contributed by atoms with E-state index in [-0.39, 0.29) is 25.7 Å². The van der Waals surface area contributed by atoms with E-state index < -0.39 is 6.10 Å². The van der Waals surface area contributed by atoms with E-state index in [0.717, 1.165) is 0 Å². The summed E-state index contributed by atoms with van der Waals surface area (Å²) < 4.78 is 4.87. The second-order valence-corrected chi connectivity index (χ2v) is 2.14. The molecule has 11 heavy (non-hydrogen) atoms. The molecular formula is C7H11ClO3. The maximum absolute atomic E-state index is 8.86. The number of alkyl halides is 1. The first kappa shape index (κ1) is 10.7. The highest BCUT2D eigenvalue weighted by Gasteiger charge is 1.99. The van der Waals surface area contributed by atoms with Gasteiger partial charge in [-0.15, -0.1) is 11.6 Å². The summed E-state index contributed by atoms with van der Waals surface area (Å²) in [7, 11) is 0. The average Bonchev–Trinajstić information content (AvgIpc) is 2.04. The summed E-state index contributed by atoms with van der Waals surface area (Å²) in [4.78, 5) is 0. The van der Waals surface area contributed by atoms with Gasteiger partial charge in [0, 0.05) is 0 Å². The standard InChI is InChI=1S/C7H11ClO3/c8-5-7(10)6-11-4-2-1-3-9/h7,9-10H,3-6H2/t7-/m0/s1. The van der Waals surface area contributed by atoms with Gasteiger partial charge in [-0.1, -0.05) is 11.8 Å². The van der Waals surface area contributed by atoms with Crippen LogP contribution in [0.25, 0.3) is 0 Å². The molecule has 64 valence electrons. The Bertz CT molecular complexity index is 138. The predicted molar refractivity (Wildman–Crippen MR) is 42.4 cm³/mol. The molecule has 0 heterocycles. The lowest BCUT2D eigenvalue weighted by atomic mass is 10.4. The third-order valence-corrected chi connectivity index (χ3v) is 1.22. The van der Waals surface area contributed by atoms with Crippen molar-refractivity contribution in [2.24, 2.45) is 0 Å². The van der Waals surface area contributed by atoms with E-state index in [1.54, 1.807) is 0 Å². The molecule has 0 aromatic carbocycles. The van der Waals surface area contributed by atoms with Gasteiger partial charge < -0.3 is 14.9 Å². The lowest BCUT2D eigenvalue weighted by molar-refractivity contribution is 0.0639. The lowest BCUT2D eigenvalue weighted by Gasteiger charge is -2.03. The minimum absolute atomic E-state index is 0.160. The van der Waals surface area contributed by atoms with Crippen LogP contribution in [0.15, 0.2) is 0 Å². The van der Waals surface area contributed by atoms with Gasteiger partial charge in [0.2, 0.25) is 0 Å². The summed E-state index contributed by atoms with van der Waals surface area (Å²) in [5.41, 5.74) is 0. The third-order valence-electron chi connectivity index (χ3n) is 0.867. The van der Waals surface area contributed by atoms with E-state index in [1.807, 2.05) is 0 Å². The highest BCUT2D eigenvalue weighted by molar-refractivity contribution is 6.18. The van der Waals surface area contributed by atoms with Crippen molar-refractivity contribution >= 4 is 11.6 Å². The second kappa shape index (κ2) is 7.83. The Hall–Kier alpha value is -0.270. The first-order valence-corrected chi connectivity index (χ1v) is 3.73. The van der Waals surface area contributed by atoms with Crippen molar-refractivity contribution in [3.63, 3.8) is 0 Å². The van der Waals surface area contributed by atoms with Gasteiger partial charge in [-0.25, -0.2) is 0 Å². The number of hydrogen-bond acceptors (Lipinski definition) is 3. The molecule has 0 radical (unpaired) electrons. The molecule has 0 aliphatic heterocycles. The van der Waals surface area contributed by atoms with Crippen LogP contribution in [0.4, 0.5) is 0 Å². The fourth-order valence-electron chi connectivity index (χ4n) is 0.397. The van der Waals surface area contributed by atoms with E-state index in [1.165, 1.54) is 0 Å². The normalized spacial score (nSPS) is 11.9. The quantitative estimate of drug-likeness (QED) is 0.350. The molecule has 0 saturated carbocycles. The molecule has 1 atom stereocenters. The highest BCUT2D eigenvalue weighted by Crippen LogP contribution is 1.87. The van der Waals surface area contributed by atoms with Crippen molar-refractivity contribution in [3.8, 4) is 11.8 Å². The Morgan fingerprint density at radius 1 is 1.45 bits per heavy atom. The van der Waals surface area contributed by atoms with Crippen molar-refractivity contribution in [1.29, 1.82) is 0 Å². The number of rotatable bonds is 4. The molecule has 0 bridgehead atoms. The molecule has 0 spiro atoms. The van der Waals surface area contributed by atoms with Crippen LogP contribution in [-0.4, -0.2) is 42.0 Å². The van der Waals surface area contributed by atoms with E-state index in [4.69, 9.17) is 26.6 Å². The number of ether oxygens (including phenoxy) is 1. The van der Waals surface area contributed by atoms with Crippen molar-refractivity contribution in [2.75, 3.05) is 25.7 Å². The molecule has 0 aliphatic carbocycles. The van der Waals surface area contributed by atoms with Gasteiger partial charge in [0.15, 0.2) is 0 Å². The second-order valence-electron chi connectivity index (χ2n) is 1.83. The van der Waals surface area contributed by atoms with Gasteiger partial charge in [0.25, 0.3) is 0 Å². The van der Waals surface area contributed by atoms with Crippen molar-refractivity contribution in [1.82, 2.24) is 0 Å². The average molecular weight is 179 g/mol. The molecule has 0 unspecified atom stereocenters. The fourth-order valence-corrected chi connectivity index (χ4v) is 0.487. The molecule has 0 amide bonds. The van der Waals surface area contributed by atoms with Gasteiger partial charge in [-0.2, -0.15) is 0 Å². The largest absolute Gasteiger partial charge is 0.389 e. The van der Waals surface area contributed by atoms with Gasteiger partial charge >= 0.3 is 0 Å². The first-order valence-electron chi connectivity index (χ1n) is 3.19. The van der Waals surface area contributed by atoms with Crippen LogP contribution in [0.3, 0.4) is 0 Å². The zero-order valence-corrected chi connectivity index (χ0v) is 6.84. The van der Waals surface area contributed by atoms with Crippen LogP contribution in [0.5, 0.6) is 0 Å². The van der Waals surface area contributed by atoms with Crippen LogP contribution in [0, 0.1) is 11.8 Å². The molecule has 0 aromatic rings. The van der Waals surface area contributed by atoms with Gasteiger partial charge in [-0.3, -0.25) is 0 Å². The number of hydrogen-bond donors (Lipinski definition) is 2. The molecule has 0 rings (SSSR count). The lowest BCUT2D eigenvalue weighted by Crippen LogP contribution is -2.16. The minimum atomic E-state index is -0.632. The molecule has 0 fully saturated rings. The number of halogens is 1. The summed E-state index contributed by atoms with van der Waals surface area (Å²) in [6.07, 6.45) is -0.632. The number of aliphatic hydroxyl groups excluding tert-OH is 2. The zero-order chi connectivity index (χ0) is 8.53. The molecule has 4 heteroatoms. The fraction of sp³-hybridized carbons (Fsp3) is 0.714. The van der Waals surface area contributed by atoms with Crippen LogP contribution in [0.1, 0.15) is 0 Å². The summed E-state index contributed by atoms with van der Waals surface area (Å²) in [6, 6.07) is 0. The Kier molecular flexibility index (Phi) is 7.64. The summed E-state index contributed by atoms with van der Waals surface area (Å²) in [5, 5.41) is 17.1. The van der Waals surface area contributed by atoms with E-state index >= 15 is 0 Å².